The fourth-order valence-corrected chi connectivity index (χ4v) is 4.92. The smallest absolute Gasteiger partial charge is 0.224 e. The van der Waals surface area contributed by atoms with E-state index in [1.807, 2.05) is 41.2 Å². The second-order valence-corrected chi connectivity index (χ2v) is 8.92. The van der Waals surface area contributed by atoms with Crippen LogP contribution in [0.3, 0.4) is 0 Å². The number of nitrogens with one attached hydrogen (secondary N) is 1. The van der Waals surface area contributed by atoms with E-state index in [2.05, 4.69) is 52.3 Å². The molecule has 1 aromatic carbocycles. The van der Waals surface area contributed by atoms with Crippen LogP contribution in [0, 0.1) is 6.92 Å². The molecule has 0 aliphatic carbocycles. The molecule has 6 heteroatoms. The number of piperidine rings is 1. The number of nitrogens with zero attached hydrogens (tertiary/aromatic N) is 4. The first-order chi connectivity index (χ1) is 15.6. The second-order valence-electron chi connectivity index (χ2n) is 8.92. The molecule has 32 heavy (non-hydrogen) atoms. The summed E-state index contributed by atoms with van der Waals surface area (Å²) in [6, 6.07) is 12.7. The van der Waals surface area contributed by atoms with Crippen molar-refractivity contribution in [1.82, 2.24) is 24.6 Å². The number of amides is 1. The quantitative estimate of drug-likeness (QED) is 0.482. The number of benzene rings is 1. The van der Waals surface area contributed by atoms with Gasteiger partial charge in [0.05, 0.1) is 6.04 Å². The van der Waals surface area contributed by atoms with Crippen molar-refractivity contribution in [2.24, 2.45) is 0 Å². The first-order valence-corrected chi connectivity index (χ1v) is 11.4. The highest BCUT2D eigenvalue weighted by Crippen LogP contribution is 2.39. The number of carbonyl (C=O) groups excluding carboxylic acids is 1. The number of hydrogen-bond donors (Lipinski definition) is 1. The SMILES string of the molecule is Cc1ccc2[nH]c(C3CCCN(C(=O)CC(C)n4cccn4)C3)c(-c3ccncc3)c2c1. The van der Waals surface area contributed by atoms with Gasteiger partial charge in [-0.3, -0.25) is 14.5 Å². The first-order valence-electron chi connectivity index (χ1n) is 11.4. The van der Waals surface area contributed by atoms with Crippen molar-refractivity contribution < 1.29 is 4.79 Å². The molecule has 3 aromatic heterocycles. The van der Waals surface area contributed by atoms with Crippen LogP contribution < -0.4 is 0 Å². The Balaban J connectivity index is 1.44. The number of pyridine rings is 1. The van der Waals surface area contributed by atoms with Gasteiger partial charge in [0.15, 0.2) is 0 Å². The Morgan fingerprint density at radius 3 is 2.84 bits per heavy atom. The summed E-state index contributed by atoms with van der Waals surface area (Å²) in [6.45, 7) is 5.75. The van der Waals surface area contributed by atoms with Crippen molar-refractivity contribution in [3.05, 3.63) is 72.4 Å². The van der Waals surface area contributed by atoms with Gasteiger partial charge in [0.2, 0.25) is 5.91 Å². The summed E-state index contributed by atoms with van der Waals surface area (Å²) in [7, 11) is 0. The van der Waals surface area contributed by atoms with Crippen molar-refractivity contribution >= 4 is 16.8 Å². The third-order valence-corrected chi connectivity index (χ3v) is 6.58. The minimum Gasteiger partial charge on any atom is -0.358 e. The number of likely N-dealkylation sites (tertiary alicyclic amines) is 1. The lowest BCUT2D eigenvalue weighted by Crippen LogP contribution is -2.40. The summed E-state index contributed by atoms with van der Waals surface area (Å²) in [4.78, 5) is 23.1. The molecule has 2 atom stereocenters. The average molecular weight is 428 g/mol. The van der Waals surface area contributed by atoms with Gasteiger partial charge in [-0.25, -0.2) is 0 Å². The van der Waals surface area contributed by atoms with Crippen LogP contribution in [0.2, 0.25) is 0 Å². The number of aromatic nitrogens is 4. The fraction of sp³-hybridized carbons (Fsp3) is 0.346. The van der Waals surface area contributed by atoms with E-state index < -0.39 is 0 Å². The summed E-state index contributed by atoms with van der Waals surface area (Å²) in [6.07, 6.45) is 9.93. The molecule has 4 heterocycles. The van der Waals surface area contributed by atoms with E-state index in [0.717, 1.165) is 31.4 Å². The zero-order chi connectivity index (χ0) is 22.1. The number of rotatable bonds is 5. The molecular formula is C26H29N5O. The van der Waals surface area contributed by atoms with E-state index in [-0.39, 0.29) is 17.9 Å². The van der Waals surface area contributed by atoms with Crippen molar-refractivity contribution in [3.63, 3.8) is 0 Å². The van der Waals surface area contributed by atoms with Gasteiger partial charge in [-0.15, -0.1) is 0 Å². The zero-order valence-corrected chi connectivity index (χ0v) is 18.7. The van der Waals surface area contributed by atoms with Crippen LogP contribution >= 0.6 is 0 Å². The Bertz CT molecular complexity index is 1210. The summed E-state index contributed by atoms with van der Waals surface area (Å²) < 4.78 is 1.86. The molecule has 1 saturated heterocycles. The lowest BCUT2D eigenvalue weighted by atomic mass is 9.89. The normalized spacial score (nSPS) is 17.6. The maximum Gasteiger partial charge on any atom is 0.224 e. The largest absolute Gasteiger partial charge is 0.358 e. The molecule has 0 saturated carbocycles. The molecular weight excluding hydrogens is 398 g/mol. The molecule has 2 unspecified atom stereocenters. The number of aryl methyl sites for hydroxylation is 1. The van der Waals surface area contributed by atoms with Gasteiger partial charge < -0.3 is 9.88 Å². The molecule has 4 aromatic rings. The molecule has 1 fully saturated rings. The third-order valence-electron chi connectivity index (χ3n) is 6.58. The summed E-state index contributed by atoms with van der Waals surface area (Å²) in [5, 5.41) is 5.53. The molecule has 1 aliphatic rings. The Morgan fingerprint density at radius 2 is 2.06 bits per heavy atom. The van der Waals surface area contributed by atoms with Gasteiger partial charge in [0, 0.05) is 72.4 Å². The van der Waals surface area contributed by atoms with Crippen molar-refractivity contribution in [2.45, 2.75) is 45.1 Å². The lowest BCUT2D eigenvalue weighted by molar-refractivity contribution is -0.133. The van der Waals surface area contributed by atoms with E-state index in [1.54, 1.807) is 6.20 Å². The molecule has 5 rings (SSSR count). The Morgan fingerprint density at radius 1 is 1.22 bits per heavy atom. The summed E-state index contributed by atoms with van der Waals surface area (Å²) in [5.41, 5.74) is 6.03. The molecule has 0 radical (unpaired) electrons. The number of hydrogen-bond acceptors (Lipinski definition) is 3. The number of aromatic amines is 1. The molecule has 1 amide bonds. The molecule has 0 spiro atoms. The van der Waals surface area contributed by atoms with Gasteiger partial charge in [-0.1, -0.05) is 11.6 Å². The second kappa shape index (κ2) is 8.61. The minimum atomic E-state index is 0.0568. The summed E-state index contributed by atoms with van der Waals surface area (Å²) >= 11 is 0. The fourth-order valence-electron chi connectivity index (χ4n) is 4.92. The lowest BCUT2D eigenvalue weighted by Gasteiger charge is -2.33. The minimum absolute atomic E-state index is 0.0568. The highest BCUT2D eigenvalue weighted by molar-refractivity contribution is 5.98. The first kappa shape index (κ1) is 20.5. The van der Waals surface area contributed by atoms with Gasteiger partial charge in [0.25, 0.3) is 0 Å². The number of H-pyrrole nitrogens is 1. The van der Waals surface area contributed by atoms with Crippen LogP contribution in [0.1, 0.15) is 49.4 Å². The maximum atomic E-state index is 13.1. The topological polar surface area (TPSA) is 66.8 Å². The van der Waals surface area contributed by atoms with E-state index in [0.29, 0.717) is 6.42 Å². The standard InChI is InChI=1S/C26H29N5O/c1-18-6-7-23-22(15-18)25(20-8-11-27-12-9-20)26(29-23)21-5-3-13-30(17-21)24(32)16-19(2)31-14-4-10-28-31/h4,6-12,14-15,19,21,29H,3,5,13,16-17H2,1-2H3. The van der Waals surface area contributed by atoms with Gasteiger partial charge in [-0.05, 0) is 62.6 Å². The predicted molar refractivity (Wildman–Crippen MR) is 126 cm³/mol. The van der Waals surface area contributed by atoms with Crippen LogP contribution in [0.5, 0.6) is 0 Å². The number of fused-ring (bicyclic) bond motifs is 1. The predicted octanol–water partition coefficient (Wildman–Crippen LogP) is 5.09. The maximum absolute atomic E-state index is 13.1. The average Bonchev–Trinajstić information content (AvgIpc) is 3.48. The van der Waals surface area contributed by atoms with Gasteiger partial charge in [0.1, 0.15) is 0 Å². The van der Waals surface area contributed by atoms with E-state index >= 15 is 0 Å². The highest BCUT2D eigenvalue weighted by atomic mass is 16.2. The molecule has 1 N–H and O–H groups in total. The van der Waals surface area contributed by atoms with Crippen LogP contribution in [0.4, 0.5) is 0 Å². The van der Waals surface area contributed by atoms with Gasteiger partial charge >= 0.3 is 0 Å². The highest BCUT2D eigenvalue weighted by Gasteiger charge is 2.29. The van der Waals surface area contributed by atoms with Gasteiger partial charge in [-0.2, -0.15) is 5.10 Å². The monoisotopic (exact) mass is 427 g/mol. The van der Waals surface area contributed by atoms with Crippen molar-refractivity contribution in [2.75, 3.05) is 13.1 Å². The zero-order valence-electron chi connectivity index (χ0n) is 18.7. The molecule has 6 nitrogen and oxygen atoms in total. The molecule has 1 aliphatic heterocycles. The van der Waals surface area contributed by atoms with Crippen LogP contribution in [-0.2, 0) is 4.79 Å². The van der Waals surface area contributed by atoms with E-state index in [1.165, 1.54) is 27.8 Å². The van der Waals surface area contributed by atoms with Crippen molar-refractivity contribution in [3.8, 4) is 11.1 Å². The number of carbonyl (C=O) groups is 1. The van der Waals surface area contributed by atoms with E-state index in [4.69, 9.17) is 0 Å². The van der Waals surface area contributed by atoms with Crippen LogP contribution in [0.15, 0.2) is 61.2 Å². The summed E-state index contributed by atoms with van der Waals surface area (Å²) in [5.74, 6) is 0.485. The Labute approximate surface area is 188 Å². The van der Waals surface area contributed by atoms with E-state index in [9.17, 15) is 4.79 Å². The van der Waals surface area contributed by atoms with Crippen molar-refractivity contribution in [1.29, 1.82) is 0 Å². The molecule has 0 bridgehead atoms. The Hall–Kier alpha value is -3.41. The molecule has 164 valence electrons. The van der Waals surface area contributed by atoms with Crippen LogP contribution in [-0.4, -0.2) is 43.6 Å². The third kappa shape index (κ3) is 3.93. The van der Waals surface area contributed by atoms with Crippen LogP contribution in [0.25, 0.3) is 22.0 Å². The Kier molecular flexibility index (Phi) is 5.52.